The van der Waals surface area contributed by atoms with Gasteiger partial charge in [-0.25, -0.2) is 0 Å². The standard InChI is InChI=1S/C7H7.Pt/c1-7-5-3-2-4-6-7;/h2-5H,1H3;. The van der Waals surface area contributed by atoms with Gasteiger partial charge in [0.15, 0.2) is 0 Å². The van der Waals surface area contributed by atoms with Gasteiger partial charge >= 0.3 is 60.5 Å². The molecule has 1 aromatic rings. The molecule has 0 fully saturated rings. The fourth-order valence-corrected chi connectivity index (χ4v) is 0.948. The Hall–Kier alpha value is -0.0917. The van der Waals surface area contributed by atoms with Crippen molar-refractivity contribution < 1.29 is 19.8 Å². The Bertz CT molecular complexity index is 160. The first kappa shape index (κ1) is 6.03. The third-order valence-electron chi connectivity index (χ3n) is 1.04. The predicted octanol–water partition coefficient (Wildman–Crippen LogP) is 1.17. The van der Waals surface area contributed by atoms with E-state index in [2.05, 4.69) is 51.0 Å². The Morgan fingerprint density at radius 1 is 1.25 bits per heavy atom. The number of hydrogen-bond donors (Lipinski definition) is 0. The summed E-state index contributed by atoms with van der Waals surface area (Å²) < 4.78 is 1.34. The summed E-state index contributed by atoms with van der Waals surface area (Å²) in [7, 11) is 0. The second-order valence-corrected chi connectivity index (χ2v) is 2.94. The molecule has 0 unspecified atom stereocenters. The molecule has 0 bridgehead atoms. The maximum atomic E-state index is 2.31. The molecule has 0 spiro atoms. The Balaban J connectivity index is 3.13. The maximum absolute atomic E-state index is 2.31. The van der Waals surface area contributed by atoms with Gasteiger partial charge in [-0.2, -0.15) is 0 Å². The van der Waals surface area contributed by atoms with Crippen LogP contribution in [0, 0.1) is 6.92 Å². The number of hydrogen-bond acceptors (Lipinski definition) is 0. The van der Waals surface area contributed by atoms with Crippen molar-refractivity contribution in [2.24, 2.45) is 0 Å². The second kappa shape index (κ2) is 2.46. The molecule has 0 amide bonds. The van der Waals surface area contributed by atoms with Crippen molar-refractivity contribution in [3.63, 3.8) is 0 Å². The molecule has 0 saturated heterocycles. The molecule has 1 aromatic carbocycles. The van der Waals surface area contributed by atoms with Crippen molar-refractivity contribution in [3.8, 4) is 0 Å². The average molecular weight is 286 g/mol. The van der Waals surface area contributed by atoms with Crippen molar-refractivity contribution in [3.05, 3.63) is 29.8 Å². The van der Waals surface area contributed by atoms with Crippen LogP contribution in [0.3, 0.4) is 0 Å². The Morgan fingerprint density at radius 2 is 1.88 bits per heavy atom. The summed E-state index contributed by atoms with van der Waals surface area (Å²) in [5.41, 5.74) is 1.36. The van der Waals surface area contributed by atoms with Crippen LogP contribution in [0.1, 0.15) is 5.56 Å². The Labute approximate surface area is 60.8 Å². The summed E-state index contributed by atoms with van der Waals surface area (Å²) in [4.78, 5) is 0. The first-order valence-corrected chi connectivity index (χ1v) is 3.62. The third-order valence-corrected chi connectivity index (χ3v) is 2.32. The van der Waals surface area contributed by atoms with Gasteiger partial charge in [-0.15, -0.1) is 0 Å². The quantitative estimate of drug-likeness (QED) is 0.671. The molecule has 0 saturated carbocycles. The summed E-state index contributed by atoms with van der Waals surface area (Å²) in [6.07, 6.45) is 0. The van der Waals surface area contributed by atoms with E-state index in [9.17, 15) is 0 Å². The van der Waals surface area contributed by atoms with Crippen molar-refractivity contribution in [1.82, 2.24) is 0 Å². The SMILES string of the molecule is Cc1cccc[c]1[Pt]. The molecule has 0 heterocycles. The normalized spacial score (nSPS) is 9.38. The van der Waals surface area contributed by atoms with Gasteiger partial charge in [0.25, 0.3) is 0 Å². The van der Waals surface area contributed by atoms with Crippen LogP contribution >= 0.6 is 0 Å². The fourth-order valence-electron chi connectivity index (χ4n) is 0.540. The Kier molecular flexibility index (Phi) is 1.85. The summed E-state index contributed by atoms with van der Waals surface area (Å²) in [6.45, 7) is 2.11. The van der Waals surface area contributed by atoms with Crippen LogP contribution in [-0.4, -0.2) is 0 Å². The molecule has 0 aromatic heterocycles. The number of aryl methyl sites for hydroxylation is 1. The molecular weight excluding hydrogens is 279 g/mol. The fraction of sp³-hybridized carbons (Fsp3) is 0.143. The van der Waals surface area contributed by atoms with Crippen molar-refractivity contribution >= 4 is 3.95 Å². The van der Waals surface area contributed by atoms with Gasteiger partial charge in [-0.3, -0.25) is 0 Å². The molecule has 0 aliphatic rings. The second-order valence-electron chi connectivity index (χ2n) is 1.72. The Morgan fingerprint density at radius 3 is 2.25 bits per heavy atom. The van der Waals surface area contributed by atoms with E-state index in [-0.39, 0.29) is 0 Å². The number of benzene rings is 1. The molecule has 0 radical (unpaired) electrons. The van der Waals surface area contributed by atoms with Crippen molar-refractivity contribution in [2.75, 3.05) is 0 Å². The zero-order chi connectivity index (χ0) is 5.98. The van der Waals surface area contributed by atoms with Crippen LogP contribution in [0.2, 0.25) is 0 Å². The summed E-state index contributed by atoms with van der Waals surface area (Å²) in [6, 6.07) is 8.33. The van der Waals surface area contributed by atoms with E-state index in [1.165, 1.54) is 9.52 Å². The van der Waals surface area contributed by atoms with E-state index >= 15 is 0 Å². The molecule has 0 atom stereocenters. The van der Waals surface area contributed by atoms with Gasteiger partial charge in [-0.1, -0.05) is 0 Å². The first-order chi connectivity index (χ1) is 3.80. The van der Waals surface area contributed by atoms with Crippen LogP contribution in [0.15, 0.2) is 24.3 Å². The van der Waals surface area contributed by atoms with Crippen molar-refractivity contribution in [2.45, 2.75) is 6.92 Å². The van der Waals surface area contributed by atoms with Crippen LogP contribution < -0.4 is 3.95 Å². The van der Waals surface area contributed by atoms with E-state index in [1.54, 1.807) is 0 Å². The van der Waals surface area contributed by atoms with E-state index in [0.717, 1.165) is 0 Å². The summed E-state index contributed by atoms with van der Waals surface area (Å²) in [5.74, 6) is 0. The topological polar surface area (TPSA) is 0 Å². The van der Waals surface area contributed by atoms with Gasteiger partial charge < -0.3 is 0 Å². The van der Waals surface area contributed by atoms with Crippen LogP contribution in [0.5, 0.6) is 0 Å². The third kappa shape index (κ3) is 1.20. The van der Waals surface area contributed by atoms with Gasteiger partial charge in [0.2, 0.25) is 0 Å². The van der Waals surface area contributed by atoms with Gasteiger partial charge in [0.05, 0.1) is 0 Å². The van der Waals surface area contributed by atoms with E-state index in [1.807, 2.05) is 0 Å². The summed E-state index contributed by atoms with van der Waals surface area (Å²) >= 11 is 2.31. The number of rotatable bonds is 0. The van der Waals surface area contributed by atoms with E-state index < -0.39 is 0 Å². The van der Waals surface area contributed by atoms with Crippen LogP contribution in [0.25, 0.3) is 0 Å². The predicted molar refractivity (Wildman–Crippen MR) is 30.8 cm³/mol. The first-order valence-electron chi connectivity index (χ1n) is 2.49. The zero-order valence-electron chi connectivity index (χ0n) is 4.63. The van der Waals surface area contributed by atoms with Gasteiger partial charge in [-0.05, 0) is 0 Å². The van der Waals surface area contributed by atoms with Gasteiger partial charge in [0, 0.05) is 0 Å². The van der Waals surface area contributed by atoms with E-state index in [0.29, 0.717) is 0 Å². The van der Waals surface area contributed by atoms with Crippen LogP contribution in [0.4, 0.5) is 0 Å². The van der Waals surface area contributed by atoms with Crippen molar-refractivity contribution in [1.29, 1.82) is 0 Å². The molecule has 1 heteroatoms. The monoisotopic (exact) mass is 286 g/mol. The molecule has 1 rings (SSSR count). The zero-order valence-corrected chi connectivity index (χ0v) is 6.90. The van der Waals surface area contributed by atoms with Gasteiger partial charge in [0.1, 0.15) is 0 Å². The molecule has 45 valence electrons. The average Bonchev–Trinajstić information content (AvgIpc) is 1.77. The van der Waals surface area contributed by atoms with E-state index in [4.69, 9.17) is 0 Å². The molecule has 0 aliphatic heterocycles. The molecule has 0 nitrogen and oxygen atoms in total. The minimum absolute atomic E-state index is 1.34. The molecule has 8 heavy (non-hydrogen) atoms. The summed E-state index contributed by atoms with van der Waals surface area (Å²) in [5, 5.41) is 0. The van der Waals surface area contributed by atoms with Crippen LogP contribution in [-0.2, 0) is 19.8 Å². The molecular formula is C7H7Pt. The molecule has 0 aliphatic carbocycles. The minimum atomic E-state index is 1.34. The molecule has 0 N–H and O–H groups in total.